The van der Waals surface area contributed by atoms with Gasteiger partial charge in [-0.05, 0) is 6.42 Å². The maximum Gasteiger partial charge on any atom is 1.00 e. The summed E-state index contributed by atoms with van der Waals surface area (Å²) in [6, 6.07) is 0. The SMILES string of the molecule is CCCCCCCCCCCCCCCCOP(=O)(O)CC(=O)[O-].[K+]. The van der Waals surface area contributed by atoms with Crippen molar-refractivity contribution >= 4 is 13.6 Å². The molecule has 144 valence electrons. The Morgan fingerprint density at radius 3 is 1.56 bits per heavy atom. The standard InChI is InChI=1S/C18H37O5P.K/c1-2-3-4-5-6-7-8-9-10-11-12-13-14-15-16-23-24(21,22)17-18(19)20;/h2-17H2,1H3,(H,19,20)(H,21,22);/q;+1/p-1. The number of carboxylic acid groups (broad SMARTS) is 1. The van der Waals surface area contributed by atoms with E-state index < -0.39 is 19.7 Å². The summed E-state index contributed by atoms with van der Waals surface area (Å²) >= 11 is 0. The fraction of sp³-hybridized carbons (Fsp3) is 0.944. The van der Waals surface area contributed by atoms with E-state index in [1.54, 1.807) is 0 Å². The molecule has 0 aromatic heterocycles. The largest absolute Gasteiger partial charge is 1.00 e. The van der Waals surface area contributed by atoms with E-state index in [2.05, 4.69) is 6.92 Å². The second kappa shape index (κ2) is 20.0. The van der Waals surface area contributed by atoms with E-state index in [4.69, 9.17) is 4.52 Å². The number of hydrogen-bond donors (Lipinski definition) is 1. The number of carboxylic acids is 1. The zero-order valence-corrected chi connectivity index (χ0v) is 20.4. The Bertz CT molecular complexity index is 352. The van der Waals surface area contributed by atoms with Crippen molar-refractivity contribution in [2.75, 3.05) is 12.8 Å². The molecular weight excluding hydrogens is 366 g/mol. The van der Waals surface area contributed by atoms with Crippen LogP contribution in [0.5, 0.6) is 0 Å². The Morgan fingerprint density at radius 1 is 0.840 bits per heavy atom. The monoisotopic (exact) mass is 402 g/mol. The molecule has 0 aromatic carbocycles. The van der Waals surface area contributed by atoms with Crippen LogP contribution in [0, 0.1) is 0 Å². The maximum absolute atomic E-state index is 11.3. The van der Waals surface area contributed by atoms with Crippen molar-refractivity contribution in [3.8, 4) is 0 Å². The summed E-state index contributed by atoms with van der Waals surface area (Å²) in [7, 11) is -4.00. The summed E-state index contributed by atoms with van der Waals surface area (Å²) in [6.07, 6.45) is 16.4. The van der Waals surface area contributed by atoms with Crippen molar-refractivity contribution in [2.24, 2.45) is 0 Å². The van der Waals surface area contributed by atoms with Gasteiger partial charge in [0.25, 0.3) is 0 Å². The molecule has 5 nitrogen and oxygen atoms in total. The summed E-state index contributed by atoms with van der Waals surface area (Å²) in [4.78, 5) is 19.5. The van der Waals surface area contributed by atoms with Gasteiger partial charge in [0.1, 0.15) is 0 Å². The number of carbonyl (C=O) groups excluding carboxylic acids is 1. The quantitative estimate of drug-likeness (QED) is 0.213. The van der Waals surface area contributed by atoms with Crippen molar-refractivity contribution in [3.63, 3.8) is 0 Å². The molecule has 25 heavy (non-hydrogen) atoms. The molecule has 0 aliphatic carbocycles. The molecule has 7 heteroatoms. The average Bonchev–Trinajstić information content (AvgIpc) is 2.49. The molecule has 0 saturated heterocycles. The first kappa shape index (κ1) is 28.5. The molecular formula is C18H36KO5P. The number of unbranched alkanes of at least 4 members (excludes halogenated alkanes) is 13. The fourth-order valence-electron chi connectivity index (χ4n) is 2.71. The summed E-state index contributed by atoms with van der Waals surface area (Å²) in [5, 5.41) is 10.3. The van der Waals surface area contributed by atoms with E-state index in [9.17, 15) is 19.4 Å². The second-order valence-electron chi connectivity index (χ2n) is 6.60. The summed E-state index contributed by atoms with van der Waals surface area (Å²) in [6.45, 7) is 2.38. The smallest absolute Gasteiger partial charge is 0.549 e. The zero-order chi connectivity index (χ0) is 18.1. The first-order valence-corrected chi connectivity index (χ1v) is 11.4. The number of rotatable bonds is 18. The Labute approximate surface area is 196 Å². The van der Waals surface area contributed by atoms with Crippen molar-refractivity contribution in [1.29, 1.82) is 0 Å². The van der Waals surface area contributed by atoms with E-state index in [1.165, 1.54) is 70.6 Å². The van der Waals surface area contributed by atoms with Crippen molar-refractivity contribution in [2.45, 2.75) is 96.8 Å². The third-order valence-corrected chi connectivity index (χ3v) is 5.36. The van der Waals surface area contributed by atoms with E-state index in [0.29, 0.717) is 6.42 Å². The molecule has 0 aromatic rings. The molecule has 0 rings (SSSR count). The van der Waals surface area contributed by atoms with Crippen LogP contribution in [0.2, 0.25) is 0 Å². The van der Waals surface area contributed by atoms with Gasteiger partial charge < -0.3 is 19.3 Å². The van der Waals surface area contributed by atoms with Crippen molar-refractivity contribution in [3.05, 3.63) is 0 Å². The van der Waals surface area contributed by atoms with Crippen LogP contribution >= 0.6 is 7.60 Å². The third-order valence-electron chi connectivity index (χ3n) is 4.12. The fourth-order valence-corrected chi connectivity index (χ4v) is 3.54. The normalized spacial score (nSPS) is 13.2. The molecule has 0 spiro atoms. The van der Waals surface area contributed by atoms with Gasteiger partial charge >= 0.3 is 59.0 Å². The second-order valence-corrected chi connectivity index (χ2v) is 8.45. The molecule has 1 N–H and O–H groups in total. The van der Waals surface area contributed by atoms with Crippen LogP contribution < -0.4 is 56.5 Å². The number of hydrogen-bond acceptors (Lipinski definition) is 4. The van der Waals surface area contributed by atoms with Gasteiger partial charge in [0.05, 0.1) is 18.7 Å². The molecule has 1 unspecified atom stereocenters. The zero-order valence-electron chi connectivity index (χ0n) is 16.3. The van der Waals surface area contributed by atoms with Crippen molar-refractivity contribution < 1.29 is 75.3 Å². The number of aliphatic carboxylic acids is 1. The molecule has 0 heterocycles. The third kappa shape index (κ3) is 23.2. The molecule has 0 saturated carbocycles. The average molecular weight is 403 g/mol. The van der Waals surface area contributed by atoms with Crippen LogP contribution in [0.25, 0.3) is 0 Å². The van der Waals surface area contributed by atoms with Gasteiger partial charge in [-0.1, -0.05) is 90.4 Å². The van der Waals surface area contributed by atoms with Crippen LogP contribution in [-0.2, 0) is 13.9 Å². The summed E-state index contributed by atoms with van der Waals surface area (Å²) < 4.78 is 16.0. The van der Waals surface area contributed by atoms with Gasteiger partial charge in [-0.15, -0.1) is 0 Å². The molecule has 0 aliphatic heterocycles. The van der Waals surface area contributed by atoms with E-state index in [0.717, 1.165) is 12.8 Å². The van der Waals surface area contributed by atoms with Crippen LogP contribution in [-0.4, -0.2) is 23.6 Å². The van der Waals surface area contributed by atoms with Gasteiger partial charge in [-0.3, -0.25) is 4.57 Å². The number of carbonyl (C=O) groups is 1. The van der Waals surface area contributed by atoms with E-state index >= 15 is 0 Å². The minimum absolute atomic E-state index is 0. The van der Waals surface area contributed by atoms with Gasteiger partial charge in [0.2, 0.25) is 0 Å². The van der Waals surface area contributed by atoms with Crippen LogP contribution in [0.1, 0.15) is 96.8 Å². The molecule has 0 bridgehead atoms. The Hall–Kier alpha value is 1.26. The predicted octanol–water partition coefficient (Wildman–Crippen LogP) is 1.42. The first-order chi connectivity index (χ1) is 11.5. The topological polar surface area (TPSA) is 86.7 Å². The van der Waals surface area contributed by atoms with Gasteiger partial charge in [0, 0.05) is 0 Å². The minimum Gasteiger partial charge on any atom is -0.549 e. The summed E-state index contributed by atoms with van der Waals surface area (Å²) in [5.41, 5.74) is 0. The molecule has 0 aliphatic rings. The van der Waals surface area contributed by atoms with Crippen LogP contribution in [0.3, 0.4) is 0 Å². The van der Waals surface area contributed by atoms with Crippen molar-refractivity contribution in [1.82, 2.24) is 0 Å². The molecule has 1 atom stereocenters. The van der Waals surface area contributed by atoms with Crippen LogP contribution in [0.4, 0.5) is 0 Å². The van der Waals surface area contributed by atoms with Crippen LogP contribution in [0.15, 0.2) is 0 Å². The Kier molecular flexibility index (Phi) is 22.8. The molecule has 0 amide bonds. The van der Waals surface area contributed by atoms with E-state index in [1.807, 2.05) is 0 Å². The molecule has 0 radical (unpaired) electrons. The van der Waals surface area contributed by atoms with E-state index in [-0.39, 0.29) is 58.0 Å². The summed E-state index contributed by atoms with van der Waals surface area (Å²) in [5.74, 6) is -1.55. The Morgan fingerprint density at radius 2 is 1.20 bits per heavy atom. The van der Waals surface area contributed by atoms with Gasteiger partial charge in [0.15, 0.2) is 0 Å². The minimum atomic E-state index is -4.00. The van der Waals surface area contributed by atoms with Gasteiger partial charge in [-0.2, -0.15) is 0 Å². The predicted molar refractivity (Wildman–Crippen MR) is 96.0 cm³/mol. The van der Waals surface area contributed by atoms with Gasteiger partial charge in [-0.25, -0.2) is 0 Å². The first-order valence-electron chi connectivity index (χ1n) is 9.64. The maximum atomic E-state index is 11.3. The molecule has 0 fully saturated rings. The Balaban J connectivity index is 0.